The van der Waals surface area contributed by atoms with Gasteiger partial charge >= 0.3 is 0 Å². The molecular formula is C13H19ClN2O. The van der Waals surface area contributed by atoms with Crippen molar-refractivity contribution < 1.29 is 4.74 Å². The normalized spacial score (nSPS) is 19.5. The molecule has 3 nitrogen and oxygen atoms in total. The summed E-state index contributed by atoms with van der Waals surface area (Å²) in [5.74, 6) is 0. The van der Waals surface area contributed by atoms with E-state index < -0.39 is 0 Å². The zero-order valence-electron chi connectivity index (χ0n) is 9.92. The van der Waals surface area contributed by atoms with Crippen LogP contribution in [-0.2, 0) is 4.74 Å². The third-order valence-electron chi connectivity index (χ3n) is 2.85. The van der Waals surface area contributed by atoms with Gasteiger partial charge in [0.05, 0.1) is 6.10 Å². The second-order valence-corrected chi connectivity index (χ2v) is 4.71. The molecule has 2 N–H and O–H groups in total. The average molecular weight is 255 g/mol. The van der Waals surface area contributed by atoms with Gasteiger partial charge in [0.25, 0.3) is 0 Å². The van der Waals surface area contributed by atoms with Crippen LogP contribution >= 0.6 is 11.6 Å². The van der Waals surface area contributed by atoms with E-state index in [0.29, 0.717) is 6.10 Å². The Morgan fingerprint density at radius 1 is 1.35 bits per heavy atom. The van der Waals surface area contributed by atoms with E-state index in [1.165, 1.54) is 12.8 Å². The average Bonchev–Trinajstić information content (AvgIpc) is 2.82. The number of anilines is 1. The molecular weight excluding hydrogens is 236 g/mol. The number of benzene rings is 1. The Balaban J connectivity index is 1.56. The molecule has 17 heavy (non-hydrogen) atoms. The van der Waals surface area contributed by atoms with E-state index in [1.807, 2.05) is 24.3 Å². The quantitative estimate of drug-likeness (QED) is 0.766. The summed E-state index contributed by atoms with van der Waals surface area (Å²) >= 11 is 5.90. The highest BCUT2D eigenvalue weighted by atomic mass is 35.5. The lowest BCUT2D eigenvalue weighted by molar-refractivity contribution is 0.110. The number of hydrogen-bond donors (Lipinski definition) is 2. The largest absolute Gasteiger partial charge is 0.384 e. The van der Waals surface area contributed by atoms with Crippen molar-refractivity contribution in [3.8, 4) is 0 Å². The lowest BCUT2D eigenvalue weighted by Crippen LogP contribution is -2.30. The predicted octanol–water partition coefficient (Wildman–Crippen LogP) is 2.52. The molecule has 2 rings (SSSR count). The van der Waals surface area contributed by atoms with Gasteiger partial charge in [0.2, 0.25) is 0 Å². The van der Waals surface area contributed by atoms with Gasteiger partial charge in [-0.05, 0) is 31.0 Å². The van der Waals surface area contributed by atoms with Crippen LogP contribution in [-0.4, -0.2) is 32.3 Å². The molecule has 0 bridgehead atoms. The summed E-state index contributed by atoms with van der Waals surface area (Å²) in [5.41, 5.74) is 1.07. The summed E-state index contributed by atoms with van der Waals surface area (Å²) in [7, 11) is 0. The third kappa shape index (κ3) is 4.54. The van der Waals surface area contributed by atoms with E-state index in [-0.39, 0.29) is 0 Å². The van der Waals surface area contributed by atoms with Crippen LogP contribution in [0.4, 0.5) is 5.69 Å². The van der Waals surface area contributed by atoms with Gasteiger partial charge in [-0.2, -0.15) is 0 Å². The minimum absolute atomic E-state index is 0.418. The van der Waals surface area contributed by atoms with Crippen molar-refractivity contribution >= 4 is 17.3 Å². The van der Waals surface area contributed by atoms with Gasteiger partial charge < -0.3 is 15.4 Å². The Morgan fingerprint density at radius 2 is 2.29 bits per heavy atom. The number of nitrogens with one attached hydrogen (secondary N) is 2. The Labute approximate surface area is 107 Å². The molecule has 1 aromatic rings. The van der Waals surface area contributed by atoms with Crippen LogP contribution in [0.3, 0.4) is 0 Å². The molecule has 0 aliphatic carbocycles. The van der Waals surface area contributed by atoms with Gasteiger partial charge in [-0.3, -0.25) is 0 Å². The monoisotopic (exact) mass is 254 g/mol. The predicted molar refractivity (Wildman–Crippen MR) is 71.8 cm³/mol. The van der Waals surface area contributed by atoms with Crippen LogP contribution in [0.1, 0.15) is 12.8 Å². The third-order valence-corrected chi connectivity index (χ3v) is 3.09. The smallest absolute Gasteiger partial charge is 0.0700 e. The lowest BCUT2D eigenvalue weighted by atomic mass is 10.2. The van der Waals surface area contributed by atoms with Gasteiger partial charge in [-0.15, -0.1) is 0 Å². The Kier molecular flexibility index (Phi) is 5.10. The molecule has 94 valence electrons. The zero-order chi connectivity index (χ0) is 11.9. The summed E-state index contributed by atoms with van der Waals surface area (Å²) in [6.07, 6.45) is 2.81. The second kappa shape index (κ2) is 6.84. The van der Waals surface area contributed by atoms with Crippen molar-refractivity contribution in [2.75, 3.05) is 31.6 Å². The molecule has 1 atom stereocenters. The highest BCUT2D eigenvalue weighted by molar-refractivity contribution is 6.30. The molecule has 4 heteroatoms. The number of hydrogen-bond acceptors (Lipinski definition) is 3. The molecule has 0 amide bonds. The van der Waals surface area contributed by atoms with Gasteiger partial charge in [0.1, 0.15) is 0 Å². The fourth-order valence-electron chi connectivity index (χ4n) is 1.96. The van der Waals surface area contributed by atoms with Gasteiger partial charge in [-0.25, -0.2) is 0 Å². The minimum atomic E-state index is 0.418. The van der Waals surface area contributed by atoms with Gasteiger partial charge in [0.15, 0.2) is 0 Å². The van der Waals surface area contributed by atoms with E-state index in [1.54, 1.807) is 0 Å². The Morgan fingerprint density at radius 3 is 3.06 bits per heavy atom. The lowest BCUT2D eigenvalue weighted by Gasteiger charge is -2.11. The molecule has 1 aliphatic rings. The van der Waals surface area contributed by atoms with Crippen molar-refractivity contribution in [1.82, 2.24) is 5.32 Å². The van der Waals surface area contributed by atoms with E-state index >= 15 is 0 Å². The Bertz CT molecular complexity index is 340. The highest BCUT2D eigenvalue weighted by Crippen LogP contribution is 2.14. The summed E-state index contributed by atoms with van der Waals surface area (Å²) in [5, 5.41) is 7.48. The van der Waals surface area contributed by atoms with Crippen molar-refractivity contribution in [2.45, 2.75) is 18.9 Å². The maximum atomic E-state index is 5.90. The summed E-state index contributed by atoms with van der Waals surface area (Å²) in [6, 6.07) is 7.78. The topological polar surface area (TPSA) is 33.3 Å². The first-order valence-corrected chi connectivity index (χ1v) is 6.54. The maximum Gasteiger partial charge on any atom is 0.0700 e. The van der Waals surface area contributed by atoms with Crippen molar-refractivity contribution in [3.63, 3.8) is 0 Å². The van der Waals surface area contributed by atoms with Crippen LogP contribution in [0.2, 0.25) is 5.02 Å². The fraction of sp³-hybridized carbons (Fsp3) is 0.538. The van der Waals surface area contributed by atoms with E-state index in [4.69, 9.17) is 16.3 Å². The van der Waals surface area contributed by atoms with E-state index in [9.17, 15) is 0 Å². The van der Waals surface area contributed by atoms with E-state index in [0.717, 1.165) is 37.0 Å². The Hall–Kier alpha value is -0.770. The summed E-state index contributed by atoms with van der Waals surface area (Å²) < 4.78 is 5.53. The number of ether oxygens (including phenoxy) is 1. The first-order chi connectivity index (χ1) is 8.34. The molecule has 0 aromatic heterocycles. The second-order valence-electron chi connectivity index (χ2n) is 4.28. The highest BCUT2D eigenvalue weighted by Gasteiger charge is 2.13. The molecule has 1 saturated heterocycles. The van der Waals surface area contributed by atoms with Crippen LogP contribution in [0.15, 0.2) is 24.3 Å². The maximum absolute atomic E-state index is 5.90. The van der Waals surface area contributed by atoms with Crippen LogP contribution in [0, 0.1) is 0 Å². The van der Waals surface area contributed by atoms with Crippen LogP contribution in [0.25, 0.3) is 0 Å². The molecule has 1 unspecified atom stereocenters. The van der Waals surface area contributed by atoms with Crippen molar-refractivity contribution in [2.24, 2.45) is 0 Å². The standard InChI is InChI=1S/C13H19ClN2O/c14-11-3-1-4-12(9-11)16-7-6-15-10-13-5-2-8-17-13/h1,3-4,9,13,15-16H,2,5-8,10H2. The molecule has 1 heterocycles. The molecule has 1 aromatic carbocycles. The molecule has 1 fully saturated rings. The molecule has 0 spiro atoms. The molecule has 0 saturated carbocycles. The fourth-order valence-corrected chi connectivity index (χ4v) is 2.15. The zero-order valence-corrected chi connectivity index (χ0v) is 10.7. The van der Waals surface area contributed by atoms with Gasteiger partial charge in [0, 0.05) is 37.0 Å². The number of halogens is 1. The number of rotatable bonds is 6. The van der Waals surface area contributed by atoms with Crippen LogP contribution < -0.4 is 10.6 Å². The van der Waals surface area contributed by atoms with Gasteiger partial charge in [-0.1, -0.05) is 17.7 Å². The van der Waals surface area contributed by atoms with E-state index in [2.05, 4.69) is 10.6 Å². The summed E-state index contributed by atoms with van der Waals surface area (Å²) in [6.45, 7) is 3.71. The van der Waals surface area contributed by atoms with Crippen LogP contribution in [0.5, 0.6) is 0 Å². The summed E-state index contributed by atoms with van der Waals surface area (Å²) in [4.78, 5) is 0. The molecule has 1 aliphatic heterocycles. The van der Waals surface area contributed by atoms with Crippen molar-refractivity contribution in [3.05, 3.63) is 29.3 Å². The molecule has 0 radical (unpaired) electrons. The first kappa shape index (κ1) is 12.7. The van der Waals surface area contributed by atoms with Crippen molar-refractivity contribution in [1.29, 1.82) is 0 Å². The SMILES string of the molecule is Clc1cccc(NCCNCC2CCCO2)c1. The minimum Gasteiger partial charge on any atom is -0.384 e. The first-order valence-electron chi connectivity index (χ1n) is 6.16.